The molecule has 1 atom stereocenters. The first-order valence-corrected chi connectivity index (χ1v) is 3.76. The van der Waals surface area contributed by atoms with E-state index < -0.39 is 0 Å². The van der Waals surface area contributed by atoms with Crippen LogP contribution in [0.2, 0.25) is 0 Å². The number of nitrogens with two attached hydrogens (primary N) is 1. The molecule has 1 heterocycles. The summed E-state index contributed by atoms with van der Waals surface area (Å²) in [5.41, 5.74) is 7.66. The van der Waals surface area contributed by atoms with Gasteiger partial charge in [-0.15, -0.1) is 0 Å². The standard InChI is InChI=1S/C8H13N3O/c1-6-7(3-10-5-11-6)8(9)4-12-2/h3,5,8H,4,9H2,1-2H3. The number of nitrogens with zero attached hydrogens (tertiary/aromatic N) is 2. The van der Waals surface area contributed by atoms with Crippen molar-refractivity contribution in [1.82, 2.24) is 9.97 Å². The Labute approximate surface area is 71.8 Å². The Morgan fingerprint density at radius 3 is 3.00 bits per heavy atom. The molecular weight excluding hydrogens is 154 g/mol. The maximum atomic E-state index is 5.80. The minimum absolute atomic E-state index is 0.129. The highest BCUT2D eigenvalue weighted by Gasteiger charge is 2.08. The minimum atomic E-state index is -0.129. The van der Waals surface area contributed by atoms with Gasteiger partial charge in [0.05, 0.1) is 12.6 Å². The van der Waals surface area contributed by atoms with Crippen LogP contribution in [0, 0.1) is 6.92 Å². The zero-order chi connectivity index (χ0) is 8.97. The van der Waals surface area contributed by atoms with E-state index in [0.29, 0.717) is 6.61 Å². The molecule has 1 unspecified atom stereocenters. The Balaban J connectivity index is 2.79. The Kier molecular flexibility index (Phi) is 3.13. The van der Waals surface area contributed by atoms with Gasteiger partial charge in [0.2, 0.25) is 0 Å². The molecule has 0 saturated heterocycles. The number of aryl methyl sites for hydroxylation is 1. The van der Waals surface area contributed by atoms with Gasteiger partial charge in [-0.05, 0) is 6.92 Å². The first kappa shape index (κ1) is 9.09. The third-order valence-corrected chi connectivity index (χ3v) is 1.70. The fraction of sp³-hybridized carbons (Fsp3) is 0.500. The van der Waals surface area contributed by atoms with Crippen molar-refractivity contribution in [3.63, 3.8) is 0 Å². The Bertz CT molecular complexity index is 252. The normalized spacial score (nSPS) is 12.9. The van der Waals surface area contributed by atoms with Gasteiger partial charge in [0, 0.05) is 24.6 Å². The fourth-order valence-corrected chi connectivity index (χ4v) is 1.03. The van der Waals surface area contributed by atoms with Crippen molar-refractivity contribution in [1.29, 1.82) is 0 Å². The molecule has 1 aromatic rings. The number of rotatable bonds is 3. The van der Waals surface area contributed by atoms with Gasteiger partial charge in [0.25, 0.3) is 0 Å². The first-order valence-electron chi connectivity index (χ1n) is 3.76. The molecule has 2 N–H and O–H groups in total. The third-order valence-electron chi connectivity index (χ3n) is 1.70. The molecule has 1 aromatic heterocycles. The van der Waals surface area contributed by atoms with Crippen LogP contribution >= 0.6 is 0 Å². The summed E-state index contributed by atoms with van der Waals surface area (Å²) >= 11 is 0. The third kappa shape index (κ3) is 1.99. The van der Waals surface area contributed by atoms with Gasteiger partial charge in [-0.25, -0.2) is 9.97 Å². The van der Waals surface area contributed by atoms with Crippen LogP contribution in [-0.4, -0.2) is 23.7 Å². The van der Waals surface area contributed by atoms with Crippen molar-refractivity contribution < 1.29 is 4.74 Å². The highest BCUT2D eigenvalue weighted by Crippen LogP contribution is 2.11. The second-order valence-electron chi connectivity index (χ2n) is 2.63. The zero-order valence-corrected chi connectivity index (χ0v) is 7.32. The van der Waals surface area contributed by atoms with Crippen LogP contribution in [-0.2, 0) is 4.74 Å². The average Bonchev–Trinajstić information content (AvgIpc) is 2.05. The zero-order valence-electron chi connectivity index (χ0n) is 7.32. The molecule has 12 heavy (non-hydrogen) atoms. The molecular formula is C8H13N3O. The highest BCUT2D eigenvalue weighted by molar-refractivity contribution is 5.18. The van der Waals surface area contributed by atoms with E-state index in [2.05, 4.69) is 9.97 Å². The summed E-state index contributed by atoms with van der Waals surface area (Å²) in [5.74, 6) is 0. The van der Waals surface area contributed by atoms with Crippen molar-refractivity contribution in [2.24, 2.45) is 5.73 Å². The molecule has 4 nitrogen and oxygen atoms in total. The van der Waals surface area contributed by atoms with E-state index in [1.807, 2.05) is 6.92 Å². The van der Waals surface area contributed by atoms with Crippen molar-refractivity contribution >= 4 is 0 Å². The molecule has 0 aromatic carbocycles. The highest BCUT2D eigenvalue weighted by atomic mass is 16.5. The summed E-state index contributed by atoms with van der Waals surface area (Å²) in [4.78, 5) is 7.94. The van der Waals surface area contributed by atoms with E-state index in [1.165, 1.54) is 6.33 Å². The van der Waals surface area contributed by atoms with Crippen molar-refractivity contribution in [3.05, 3.63) is 23.8 Å². The van der Waals surface area contributed by atoms with Gasteiger partial charge in [0.15, 0.2) is 0 Å². The molecule has 0 fully saturated rings. The maximum Gasteiger partial charge on any atom is 0.115 e. The van der Waals surface area contributed by atoms with Crippen LogP contribution in [0.5, 0.6) is 0 Å². The van der Waals surface area contributed by atoms with Gasteiger partial charge in [-0.3, -0.25) is 0 Å². The van der Waals surface area contributed by atoms with Gasteiger partial charge < -0.3 is 10.5 Å². The van der Waals surface area contributed by atoms with Crippen LogP contribution in [0.25, 0.3) is 0 Å². The summed E-state index contributed by atoms with van der Waals surface area (Å²) in [6, 6.07) is -0.129. The average molecular weight is 167 g/mol. The minimum Gasteiger partial charge on any atom is -0.383 e. The first-order chi connectivity index (χ1) is 5.75. The molecule has 66 valence electrons. The van der Waals surface area contributed by atoms with Crippen LogP contribution in [0.15, 0.2) is 12.5 Å². The Hall–Kier alpha value is -1.00. The Morgan fingerprint density at radius 1 is 1.67 bits per heavy atom. The molecule has 0 aliphatic rings. The van der Waals surface area contributed by atoms with E-state index in [-0.39, 0.29) is 6.04 Å². The SMILES string of the molecule is COCC(N)c1cncnc1C. The van der Waals surface area contributed by atoms with Crippen LogP contribution in [0.4, 0.5) is 0 Å². The number of aromatic nitrogens is 2. The molecule has 0 radical (unpaired) electrons. The van der Waals surface area contributed by atoms with Crippen LogP contribution in [0.1, 0.15) is 17.3 Å². The van der Waals surface area contributed by atoms with E-state index >= 15 is 0 Å². The molecule has 0 spiro atoms. The number of hydrogen-bond acceptors (Lipinski definition) is 4. The summed E-state index contributed by atoms with van der Waals surface area (Å²) in [7, 11) is 1.62. The fourth-order valence-electron chi connectivity index (χ4n) is 1.03. The lowest BCUT2D eigenvalue weighted by Gasteiger charge is -2.11. The molecule has 0 amide bonds. The summed E-state index contributed by atoms with van der Waals surface area (Å²) in [6.45, 7) is 2.40. The summed E-state index contributed by atoms with van der Waals surface area (Å²) in [6.07, 6.45) is 3.24. The van der Waals surface area contributed by atoms with Crippen molar-refractivity contribution in [3.8, 4) is 0 Å². The molecule has 0 saturated carbocycles. The largest absolute Gasteiger partial charge is 0.383 e. The van der Waals surface area contributed by atoms with Gasteiger partial charge in [-0.1, -0.05) is 0 Å². The predicted octanol–water partition coefficient (Wildman–Crippen LogP) is 0.431. The maximum absolute atomic E-state index is 5.80. The smallest absolute Gasteiger partial charge is 0.115 e. The number of hydrogen-bond donors (Lipinski definition) is 1. The molecule has 0 aliphatic carbocycles. The molecule has 4 heteroatoms. The summed E-state index contributed by atoms with van der Waals surface area (Å²) < 4.78 is 4.93. The monoisotopic (exact) mass is 167 g/mol. The van der Waals surface area contributed by atoms with Crippen LogP contribution in [0.3, 0.4) is 0 Å². The lowest BCUT2D eigenvalue weighted by Crippen LogP contribution is -2.17. The quantitative estimate of drug-likeness (QED) is 0.709. The molecule has 0 aliphatic heterocycles. The van der Waals surface area contributed by atoms with Gasteiger partial charge in [0.1, 0.15) is 6.33 Å². The van der Waals surface area contributed by atoms with Crippen LogP contribution < -0.4 is 5.73 Å². The van der Waals surface area contributed by atoms with E-state index in [9.17, 15) is 0 Å². The predicted molar refractivity (Wildman–Crippen MR) is 45.6 cm³/mol. The molecule has 0 bridgehead atoms. The van der Waals surface area contributed by atoms with E-state index in [0.717, 1.165) is 11.3 Å². The van der Waals surface area contributed by atoms with Gasteiger partial charge in [-0.2, -0.15) is 0 Å². The van der Waals surface area contributed by atoms with E-state index in [1.54, 1.807) is 13.3 Å². The molecule has 1 rings (SSSR count). The number of methoxy groups -OCH3 is 1. The second kappa shape index (κ2) is 4.13. The lowest BCUT2D eigenvalue weighted by atomic mass is 10.1. The van der Waals surface area contributed by atoms with E-state index in [4.69, 9.17) is 10.5 Å². The van der Waals surface area contributed by atoms with Crippen molar-refractivity contribution in [2.45, 2.75) is 13.0 Å². The number of ether oxygens (including phenoxy) is 1. The van der Waals surface area contributed by atoms with Gasteiger partial charge >= 0.3 is 0 Å². The van der Waals surface area contributed by atoms with Crippen molar-refractivity contribution in [2.75, 3.05) is 13.7 Å². The topological polar surface area (TPSA) is 61.0 Å². The lowest BCUT2D eigenvalue weighted by molar-refractivity contribution is 0.180. The second-order valence-corrected chi connectivity index (χ2v) is 2.63. The Morgan fingerprint density at radius 2 is 2.42 bits per heavy atom. The summed E-state index contributed by atoms with van der Waals surface area (Å²) in [5, 5.41) is 0.